The van der Waals surface area contributed by atoms with E-state index in [-0.39, 0.29) is 49.0 Å². The molecular formula is C37H64N6O8. The summed E-state index contributed by atoms with van der Waals surface area (Å²) in [7, 11) is 0. The van der Waals surface area contributed by atoms with E-state index in [4.69, 9.17) is 10.5 Å². The zero-order valence-electron chi connectivity index (χ0n) is 32.2. The number of ketones is 1. The number of nitrogens with zero attached hydrogens (tertiary/aromatic N) is 1. The highest BCUT2D eigenvalue weighted by Crippen LogP contribution is 2.31. The smallest absolute Gasteiger partial charge is 0.290 e. The maximum Gasteiger partial charge on any atom is 0.290 e. The van der Waals surface area contributed by atoms with Gasteiger partial charge in [0.05, 0.1) is 24.3 Å². The van der Waals surface area contributed by atoms with Crippen molar-refractivity contribution in [3.8, 4) is 0 Å². The Labute approximate surface area is 303 Å². The van der Waals surface area contributed by atoms with Crippen LogP contribution in [0.2, 0.25) is 0 Å². The molecule has 0 aromatic carbocycles. The number of hydrogen-bond donors (Lipinski definition) is 5. The fraction of sp³-hybridized carbons (Fsp3) is 0.811. The summed E-state index contributed by atoms with van der Waals surface area (Å²) >= 11 is 0. The molecule has 0 bridgehead atoms. The predicted molar refractivity (Wildman–Crippen MR) is 193 cm³/mol. The average molecular weight is 721 g/mol. The second-order valence-corrected chi connectivity index (χ2v) is 16.3. The summed E-state index contributed by atoms with van der Waals surface area (Å²) in [6, 6.07) is -3.94. The first-order valence-electron chi connectivity index (χ1n) is 18.7. The minimum atomic E-state index is -1.21. The van der Waals surface area contributed by atoms with Gasteiger partial charge in [-0.25, -0.2) is 0 Å². The molecule has 0 spiro atoms. The summed E-state index contributed by atoms with van der Waals surface area (Å²) in [5.74, 6) is -4.67. The van der Waals surface area contributed by atoms with Gasteiger partial charge in [-0.3, -0.25) is 33.6 Å². The van der Waals surface area contributed by atoms with Gasteiger partial charge in [-0.2, -0.15) is 0 Å². The molecule has 2 aliphatic rings. The molecule has 14 nitrogen and oxygen atoms in total. The van der Waals surface area contributed by atoms with Gasteiger partial charge in [-0.05, 0) is 57.8 Å². The maximum atomic E-state index is 14.4. The molecule has 2 fully saturated rings. The minimum absolute atomic E-state index is 0.0818. The maximum absolute atomic E-state index is 14.4. The highest BCUT2D eigenvalue weighted by molar-refractivity contribution is 6.38. The van der Waals surface area contributed by atoms with Crippen LogP contribution < -0.4 is 27.0 Å². The summed E-state index contributed by atoms with van der Waals surface area (Å²) in [6.07, 6.45) is 6.82. The molecule has 290 valence electrons. The van der Waals surface area contributed by atoms with Crippen LogP contribution in [0.1, 0.15) is 132 Å². The quantitative estimate of drug-likeness (QED) is 0.133. The first-order valence-corrected chi connectivity index (χ1v) is 18.7. The molecule has 14 heteroatoms. The molecule has 0 aromatic heterocycles. The normalized spacial score (nSPS) is 20.1. The lowest BCUT2D eigenvalue weighted by Gasteiger charge is -2.35. The molecule has 0 aromatic rings. The van der Waals surface area contributed by atoms with E-state index in [2.05, 4.69) is 21.3 Å². The average Bonchev–Trinajstić information content (AvgIpc) is 3.45. The lowest BCUT2D eigenvalue weighted by Crippen LogP contribution is -2.58. The lowest BCUT2D eigenvalue weighted by atomic mass is 9.82. The van der Waals surface area contributed by atoms with E-state index in [9.17, 15) is 33.6 Å². The van der Waals surface area contributed by atoms with Crippen molar-refractivity contribution in [2.24, 2.45) is 17.1 Å². The van der Waals surface area contributed by atoms with Gasteiger partial charge in [0.2, 0.25) is 35.3 Å². The Balaban J connectivity index is 2.26. The molecule has 6 amide bonds. The van der Waals surface area contributed by atoms with E-state index in [1.807, 2.05) is 48.5 Å². The fourth-order valence-corrected chi connectivity index (χ4v) is 6.78. The zero-order chi connectivity index (χ0) is 38.5. The molecule has 1 aliphatic heterocycles. The van der Waals surface area contributed by atoms with E-state index in [1.54, 1.807) is 6.92 Å². The molecule has 6 N–H and O–H groups in total. The summed E-state index contributed by atoms with van der Waals surface area (Å²) in [5, 5.41) is 10.5. The third kappa shape index (κ3) is 14.9. The number of carbonyl (C=O) groups excluding carboxylic acids is 7. The molecule has 1 saturated heterocycles. The number of ether oxygens (including phenoxy) is 1. The van der Waals surface area contributed by atoms with Gasteiger partial charge < -0.3 is 36.6 Å². The fourth-order valence-electron chi connectivity index (χ4n) is 6.78. The third-order valence-electron chi connectivity index (χ3n) is 9.13. The van der Waals surface area contributed by atoms with Crippen LogP contribution in [-0.4, -0.2) is 95.1 Å². The van der Waals surface area contributed by atoms with Crippen LogP contribution in [0.25, 0.3) is 0 Å². The van der Waals surface area contributed by atoms with Gasteiger partial charge in [0.1, 0.15) is 18.1 Å². The topological polar surface area (TPSA) is 206 Å². The Bertz CT molecular complexity index is 1240. The van der Waals surface area contributed by atoms with E-state index in [1.165, 1.54) is 4.90 Å². The largest absolute Gasteiger partial charge is 0.371 e. The summed E-state index contributed by atoms with van der Waals surface area (Å²) in [4.78, 5) is 93.4. The van der Waals surface area contributed by atoms with Crippen LogP contribution in [0.4, 0.5) is 0 Å². The molecule has 5 atom stereocenters. The first-order chi connectivity index (χ1) is 23.8. The van der Waals surface area contributed by atoms with Crippen molar-refractivity contribution < 1.29 is 38.3 Å². The number of hydrogen-bond acceptors (Lipinski definition) is 8. The van der Waals surface area contributed by atoms with Crippen LogP contribution in [0, 0.1) is 11.3 Å². The number of Topliss-reactive ketones (excluding diaryl/α,β-unsaturated/α-hetero) is 1. The summed E-state index contributed by atoms with van der Waals surface area (Å²) in [5.41, 5.74) is 4.53. The molecule has 3 unspecified atom stereocenters. The van der Waals surface area contributed by atoms with Crippen molar-refractivity contribution in [1.82, 2.24) is 26.2 Å². The van der Waals surface area contributed by atoms with E-state index in [0.717, 1.165) is 38.5 Å². The number of nitrogens with two attached hydrogens (primary N) is 1. The summed E-state index contributed by atoms with van der Waals surface area (Å²) < 4.78 is 6.23. The van der Waals surface area contributed by atoms with E-state index >= 15 is 0 Å². The molecule has 51 heavy (non-hydrogen) atoms. The first kappa shape index (κ1) is 43.6. The Morgan fingerprint density at radius 2 is 1.47 bits per heavy atom. The number of primary amides is 1. The monoisotopic (exact) mass is 720 g/mol. The standard InChI is InChI=1S/C37H64N6O8/c1-9-11-18-26(32(38)47)40-29(45)21-39-34(49)31(46)25(15-10-2)41-33(48)27-19-24(51-37(6,7)8)22-43(27)35(50)30(23-16-13-12-14-17-23)42-28(44)20-36(3,4)5/h23-27,30H,9-22H2,1-8H3,(H2,38,47)(H,39,49)(H,40,45)(H,41,48)(H,42,44)/t24-,25?,26?,27+,30?/m1/s1. The van der Waals surface area contributed by atoms with Gasteiger partial charge in [0.25, 0.3) is 5.91 Å². The molecule has 1 heterocycles. The zero-order valence-corrected chi connectivity index (χ0v) is 32.2. The number of likely N-dealkylation sites (tertiary alicyclic amines) is 1. The van der Waals surface area contributed by atoms with Crippen LogP contribution in [0.5, 0.6) is 0 Å². The van der Waals surface area contributed by atoms with Gasteiger partial charge >= 0.3 is 0 Å². The second-order valence-electron chi connectivity index (χ2n) is 16.3. The molecule has 0 radical (unpaired) electrons. The lowest BCUT2D eigenvalue weighted by molar-refractivity contribution is -0.145. The number of amides is 6. The van der Waals surface area contributed by atoms with Crippen molar-refractivity contribution in [3.63, 3.8) is 0 Å². The van der Waals surface area contributed by atoms with Crippen LogP contribution in [0.3, 0.4) is 0 Å². The van der Waals surface area contributed by atoms with Crippen LogP contribution in [-0.2, 0) is 38.3 Å². The van der Waals surface area contributed by atoms with Crippen molar-refractivity contribution >= 4 is 41.2 Å². The van der Waals surface area contributed by atoms with Gasteiger partial charge in [0, 0.05) is 19.4 Å². The molecular weight excluding hydrogens is 656 g/mol. The Hall–Kier alpha value is -3.55. The van der Waals surface area contributed by atoms with Gasteiger partial charge in [0.15, 0.2) is 0 Å². The second kappa shape index (κ2) is 19.9. The third-order valence-corrected chi connectivity index (χ3v) is 9.13. The highest BCUT2D eigenvalue weighted by atomic mass is 16.5. The Morgan fingerprint density at radius 3 is 2.02 bits per heavy atom. The number of unbranched alkanes of at least 4 members (excludes halogenated alkanes) is 1. The van der Waals surface area contributed by atoms with Crippen LogP contribution in [0.15, 0.2) is 0 Å². The van der Waals surface area contributed by atoms with Crippen LogP contribution >= 0.6 is 0 Å². The predicted octanol–water partition coefficient (Wildman–Crippen LogP) is 2.40. The Morgan fingerprint density at radius 1 is 0.824 bits per heavy atom. The number of carbonyl (C=O) groups is 7. The van der Waals surface area contributed by atoms with Crippen molar-refractivity contribution in [3.05, 3.63) is 0 Å². The molecule has 2 rings (SSSR count). The Kier molecular flexibility index (Phi) is 17.0. The van der Waals surface area contributed by atoms with E-state index in [0.29, 0.717) is 19.3 Å². The van der Waals surface area contributed by atoms with E-state index < -0.39 is 71.8 Å². The van der Waals surface area contributed by atoms with Crippen molar-refractivity contribution in [1.29, 1.82) is 0 Å². The molecule has 1 saturated carbocycles. The van der Waals surface area contributed by atoms with Gasteiger partial charge in [-0.1, -0.05) is 73.1 Å². The van der Waals surface area contributed by atoms with Crippen molar-refractivity contribution in [2.75, 3.05) is 13.1 Å². The highest BCUT2D eigenvalue weighted by Gasteiger charge is 2.46. The molecule has 1 aliphatic carbocycles. The number of nitrogens with one attached hydrogen (secondary N) is 4. The SMILES string of the molecule is CCCCC(NC(=O)CNC(=O)C(=O)C(CCC)NC(=O)[C@@H]1C[C@@H](OC(C)(C)C)CN1C(=O)C(NC(=O)CC(C)(C)C)C1CCCCC1)C(N)=O. The van der Waals surface area contributed by atoms with Gasteiger partial charge in [-0.15, -0.1) is 0 Å². The minimum Gasteiger partial charge on any atom is -0.371 e. The summed E-state index contributed by atoms with van der Waals surface area (Å²) in [6.45, 7) is 14.8. The van der Waals surface area contributed by atoms with Crippen molar-refractivity contribution in [2.45, 2.75) is 168 Å². The number of rotatable bonds is 18.